The van der Waals surface area contributed by atoms with Crippen LogP contribution in [0, 0.1) is 17.2 Å². The monoisotopic (exact) mass is 235 g/mol. The van der Waals surface area contributed by atoms with Crippen LogP contribution in [0.4, 0.5) is 0 Å². The summed E-state index contributed by atoms with van der Waals surface area (Å²) in [6, 6.07) is 3.11. The highest BCUT2D eigenvalue weighted by Crippen LogP contribution is 2.36. The lowest BCUT2D eigenvalue weighted by Crippen LogP contribution is -2.42. The van der Waals surface area contributed by atoms with Crippen LogP contribution in [0.1, 0.15) is 45.4 Å². The predicted octanol–water partition coefficient (Wildman–Crippen LogP) is 2.14. The van der Waals surface area contributed by atoms with Crippen molar-refractivity contribution in [3.8, 4) is 6.07 Å². The molecule has 0 aromatic rings. The van der Waals surface area contributed by atoms with Crippen LogP contribution in [0.3, 0.4) is 0 Å². The van der Waals surface area contributed by atoms with Crippen molar-refractivity contribution in [1.29, 1.82) is 5.26 Å². The van der Waals surface area contributed by atoms with Gasteiger partial charge in [0.15, 0.2) is 0 Å². The van der Waals surface area contributed by atoms with E-state index in [1.165, 1.54) is 38.8 Å². The first-order chi connectivity index (χ1) is 8.23. The minimum Gasteiger partial charge on any atom is -0.302 e. The van der Waals surface area contributed by atoms with Crippen molar-refractivity contribution in [2.75, 3.05) is 20.1 Å². The van der Waals surface area contributed by atoms with Crippen LogP contribution in [0.25, 0.3) is 0 Å². The summed E-state index contributed by atoms with van der Waals surface area (Å²) in [7, 11) is 1.93. The van der Waals surface area contributed by atoms with Crippen LogP contribution in [-0.2, 0) is 0 Å². The minimum atomic E-state index is -0.250. The third kappa shape index (κ3) is 3.00. The van der Waals surface area contributed by atoms with Crippen molar-refractivity contribution in [3.05, 3.63) is 0 Å². The molecule has 2 atom stereocenters. The number of nitrogens with one attached hydrogen (secondary N) is 1. The fourth-order valence-corrected chi connectivity index (χ4v) is 3.06. The zero-order valence-electron chi connectivity index (χ0n) is 11.2. The standard InChI is InChI=1S/C14H25N3/c1-3-8-17(10-12-4-5-12)13-6-7-14(9-13,11-15)16-2/h12-13,16H,3-10H2,1-2H3. The van der Waals surface area contributed by atoms with Crippen LogP contribution < -0.4 is 5.32 Å². The molecule has 2 rings (SSSR count). The van der Waals surface area contributed by atoms with Crippen LogP contribution >= 0.6 is 0 Å². The molecular weight excluding hydrogens is 210 g/mol. The minimum absolute atomic E-state index is 0.250. The first-order valence-electron chi connectivity index (χ1n) is 7.07. The van der Waals surface area contributed by atoms with Gasteiger partial charge in [-0.15, -0.1) is 0 Å². The fraction of sp³-hybridized carbons (Fsp3) is 0.929. The fourth-order valence-electron chi connectivity index (χ4n) is 3.06. The lowest BCUT2D eigenvalue weighted by Gasteiger charge is -2.29. The molecule has 3 nitrogen and oxygen atoms in total. The Kier molecular flexibility index (Phi) is 4.06. The second-order valence-corrected chi connectivity index (χ2v) is 5.78. The van der Waals surface area contributed by atoms with Gasteiger partial charge in [-0.25, -0.2) is 0 Å². The van der Waals surface area contributed by atoms with Gasteiger partial charge in [0.05, 0.1) is 6.07 Å². The summed E-state index contributed by atoms with van der Waals surface area (Å²) in [4.78, 5) is 2.65. The van der Waals surface area contributed by atoms with Crippen LogP contribution in [0.5, 0.6) is 0 Å². The molecule has 0 amide bonds. The number of rotatable bonds is 6. The van der Waals surface area contributed by atoms with Gasteiger partial charge in [0.2, 0.25) is 0 Å². The molecule has 0 spiro atoms. The summed E-state index contributed by atoms with van der Waals surface area (Å²) >= 11 is 0. The molecule has 3 heteroatoms. The average molecular weight is 235 g/mol. The summed E-state index contributed by atoms with van der Waals surface area (Å²) in [6.07, 6.45) is 7.26. The van der Waals surface area contributed by atoms with Crippen LogP contribution in [-0.4, -0.2) is 36.6 Å². The molecule has 0 aromatic carbocycles. The van der Waals surface area contributed by atoms with Crippen molar-refractivity contribution >= 4 is 0 Å². The summed E-state index contributed by atoms with van der Waals surface area (Å²) in [6.45, 7) is 4.72. The Morgan fingerprint density at radius 3 is 2.65 bits per heavy atom. The van der Waals surface area contributed by atoms with Gasteiger partial charge in [-0.05, 0) is 58.0 Å². The molecule has 0 radical (unpaired) electrons. The first-order valence-corrected chi connectivity index (χ1v) is 7.07. The van der Waals surface area contributed by atoms with Gasteiger partial charge < -0.3 is 10.2 Å². The molecule has 0 bridgehead atoms. The quantitative estimate of drug-likeness (QED) is 0.766. The van der Waals surface area contributed by atoms with Gasteiger partial charge in [-0.2, -0.15) is 5.26 Å². The number of nitriles is 1. The Hall–Kier alpha value is -0.590. The van der Waals surface area contributed by atoms with E-state index in [-0.39, 0.29) is 5.54 Å². The van der Waals surface area contributed by atoms with Crippen molar-refractivity contribution in [1.82, 2.24) is 10.2 Å². The summed E-state index contributed by atoms with van der Waals surface area (Å²) in [5, 5.41) is 12.5. The molecule has 1 N–H and O–H groups in total. The molecule has 17 heavy (non-hydrogen) atoms. The van der Waals surface area contributed by atoms with E-state index in [4.69, 9.17) is 0 Å². The molecule has 2 fully saturated rings. The van der Waals surface area contributed by atoms with E-state index in [0.717, 1.165) is 18.8 Å². The van der Waals surface area contributed by atoms with Gasteiger partial charge in [-0.3, -0.25) is 0 Å². The second kappa shape index (κ2) is 5.37. The molecule has 0 aromatic heterocycles. The Morgan fingerprint density at radius 2 is 2.18 bits per heavy atom. The van der Waals surface area contributed by atoms with Crippen molar-refractivity contribution < 1.29 is 0 Å². The maximum absolute atomic E-state index is 9.31. The van der Waals surface area contributed by atoms with Gasteiger partial charge in [-0.1, -0.05) is 6.92 Å². The third-order valence-electron chi connectivity index (χ3n) is 4.40. The summed E-state index contributed by atoms with van der Waals surface area (Å²) in [5.74, 6) is 0.952. The lowest BCUT2D eigenvalue weighted by atomic mass is 10.00. The average Bonchev–Trinajstić information content (AvgIpc) is 3.06. The predicted molar refractivity (Wildman–Crippen MR) is 69.6 cm³/mol. The van der Waals surface area contributed by atoms with Gasteiger partial charge in [0.1, 0.15) is 5.54 Å². The molecule has 2 aliphatic rings. The topological polar surface area (TPSA) is 39.1 Å². The van der Waals surface area contributed by atoms with Gasteiger partial charge in [0.25, 0.3) is 0 Å². The van der Waals surface area contributed by atoms with E-state index >= 15 is 0 Å². The number of hydrogen-bond acceptors (Lipinski definition) is 3. The highest BCUT2D eigenvalue weighted by atomic mass is 15.2. The summed E-state index contributed by atoms with van der Waals surface area (Å²) in [5.41, 5.74) is -0.250. The largest absolute Gasteiger partial charge is 0.302 e. The van der Waals surface area contributed by atoms with E-state index in [1.807, 2.05) is 7.05 Å². The maximum atomic E-state index is 9.31. The van der Waals surface area contributed by atoms with Crippen molar-refractivity contribution in [2.24, 2.45) is 5.92 Å². The lowest BCUT2D eigenvalue weighted by molar-refractivity contribution is 0.185. The van der Waals surface area contributed by atoms with Crippen LogP contribution in [0.15, 0.2) is 0 Å². The highest BCUT2D eigenvalue weighted by molar-refractivity contribution is 5.13. The van der Waals surface area contributed by atoms with E-state index in [9.17, 15) is 5.26 Å². The van der Waals surface area contributed by atoms with E-state index in [2.05, 4.69) is 23.2 Å². The van der Waals surface area contributed by atoms with E-state index < -0.39 is 0 Å². The molecule has 2 unspecified atom stereocenters. The number of nitrogens with zero attached hydrogens (tertiary/aromatic N) is 2. The summed E-state index contributed by atoms with van der Waals surface area (Å²) < 4.78 is 0. The SMILES string of the molecule is CCCN(CC1CC1)C1CCC(C#N)(NC)C1. The van der Waals surface area contributed by atoms with Gasteiger partial charge in [0, 0.05) is 12.6 Å². The molecule has 0 saturated heterocycles. The zero-order valence-corrected chi connectivity index (χ0v) is 11.2. The normalized spacial score (nSPS) is 32.9. The Morgan fingerprint density at radius 1 is 1.41 bits per heavy atom. The number of hydrogen-bond donors (Lipinski definition) is 1. The Balaban J connectivity index is 1.93. The van der Waals surface area contributed by atoms with E-state index in [0.29, 0.717) is 6.04 Å². The molecule has 0 heterocycles. The smallest absolute Gasteiger partial charge is 0.108 e. The molecule has 0 aliphatic heterocycles. The molecule has 2 aliphatic carbocycles. The Labute approximate surface area is 105 Å². The zero-order chi connectivity index (χ0) is 12.3. The van der Waals surface area contributed by atoms with Crippen molar-refractivity contribution in [2.45, 2.75) is 57.0 Å². The van der Waals surface area contributed by atoms with Gasteiger partial charge >= 0.3 is 0 Å². The first kappa shape index (κ1) is 12.9. The van der Waals surface area contributed by atoms with E-state index in [1.54, 1.807) is 0 Å². The Bertz CT molecular complexity index is 292. The van der Waals surface area contributed by atoms with Crippen molar-refractivity contribution in [3.63, 3.8) is 0 Å². The van der Waals surface area contributed by atoms with Crippen LogP contribution in [0.2, 0.25) is 0 Å². The molecule has 96 valence electrons. The maximum Gasteiger partial charge on any atom is 0.108 e. The second-order valence-electron chi connectivity index (χ2n) is 5.78. The third-order valence-corrected chi connectivity index (χ3v) is 4.40. The molecule has 2 saturated carbocycles. The molecular formula is C14H25N3. The highest BCUT2D eigenvalue weighted by Gasteiger charge is 2.41.